The zero-order valence-electron chi connectivity index (χ0n) is 11.8. The summed E-state index contributed by atoms with van der Waals surface area (Å²) in [7, 11) is -4.10. The van der Waals surface area contributed by atoms with Crippen molar-refractivity contribution in [3.63, 3.8) is 0 Å². The largest absolute Gasteiger partial charge is 0.446 e. The average Bonchev–Trinajstić information content (AvgIpc) is 2.29. The van der Waals surface area contributed by atoms with Crippen molar-refractivity contribution in [1.29, 1.82) is 0 Å². The summed E-state index contributed by atoms with van der Waals surface area (Å²) >= 11 is 4.83. The van der Waals surface area contributed by atoms with E-state index in [1.54, 1.807) is 37.6 Å². The Hall–Kier alpha value is -1.87. The predicted octanol–water partition coefficient (Wildman–Crippen LogP) is 1.42. The Bertz CT molecular complexity index is 656. The van der Waals surface area contributed by atoms with Gasteiger partial charge in [0.15, 0.2) is 0 Å². The Morgan fingerprint density at radius 2 is 2.00 bits per heavy atom. The number of amides is 1. The van der Waals surface area contributed by atoms with Crippen LogP contribution in [0.1, 0.15) is 25.0 Å². The molecule has 0 aliphatic carbocycles. The SMILES string of the molecule is Cc1ccc(C(N)=S)cc1NS(=O)(=O)NC(=O)OC(C)C. The van der Waals surface area contributed by atoms with Crippen molar-refractivity contribution >= 4 is 39.2 Å². The summed E-state index contributed by atoms with van der Waals surface area (Å²) in [6, 6.07) is 4.83. The van der Waals surface area contributed by atoms with Crippen molar-refractivity contribution in [2.75, 3.05) is 4.72 Å². The van der Waals surface area contributed by atoms with Crippen LogP contribution in [0, 0.1) is 6.92 Å². The lowest BCUT2D eigenvalue weighted by Gasteiger charge is -2.13. The number of aryl methyl sites for hydroxylation is 1. The van der Waals surface area contributed by atoms with Gasteiger partial charge in [-0.15, -0.1) is 0 Å². The van der Waals surface area contributed by atoms with Crippen molar-refractivity contribution in [1.82, 2.24) is 4.72 Å². The number of nitrogens with one attached hydrogen (secondary N) is 2. The van der Waals surface area contributed by atoms with Crippen molar-refractivity contribution in [2.24, 2.45) is 5.73 Å². The molecule has 0 fully saturated rings. The fraction of sp³-hybridized carbons (Fsp3) is 0.333. The smallest absolute Gasteiger partial charge is 0.422 e. The summed E-state index contributed by atoms with van der Waals surface area (Å²) in [5.41, 5.74) is 6.93. The van der Waals surface area contributed by atoms with Gasteiger partial charge in [-0.2, -0.15) is 8.42 Å². The van der Waals surface area contributed by atoms with Crippen LogP contribution in [0.2, 0.25) is 0 Å². The number of carbonyl (C=O) groups excluding carboxylic acids is 1. The Kier molecular flexibility index (Phi) is 5.50. The fourth-order valence-electron chi connectivity index (χ4n) is 1.40. The van der Waals surface area contributed by atoms with Crippen molar-refractivity contribution in [3.8, 4) is 0 Å². The van der Waals surface area contributed by atoms with E-state index in [2.05, 4.69) is 4.72 Å². The van der Waals surface area contributed by atoms with Gasteiger partial charge in [-0.3, -0.25) is 4.72 Å². The molecule has 0 unspecified atom stereocenters. The standard InChI is InChI=1S/C12H17N3O4S2/c1-7(2)19-12(16)15-21(17,18)14-10-6-9(11(13)20)5-4-8(10)3/h4-7,14H,1-3H3,(H2,13,20)(H,15,16). The zero-order chi connectivity index (χ0) is 16.2. The second kappa shape index (κ2) is 6.72. The monoisotopic (exact) mass is 331 g/mol. The van der Waals surface area contributed by atoms with Gasteiger partial charge in [0.2, 0.25) is 0 Å². The van der Waals surface area contributed by atoms with Crippen LogP contribution in [0.25, 0.3) is 0 Å². The van der Waals surface area contributed by atoms with Crippen LogP contribution < -0.4 is 15.2 Å². The van der Waals surface area contributed by atoms with Crippen LogP contribution in [0.3, 0.4) is 0 Å². The first-order valence-corrected chi connectivity index (χ1v) is 7.91. The minimum Gasteiger partial charge on any atom is -0.446 e. The van der Waals surface area contributed by atoms with Gasteiger partial charge in [0.05, 0.1) is 11.8 Å². The lowest BCUT2D eigenvalue weighted by Crippen LogP contribution is -2.37. The molecule has 7 nitrogen and oxygen atoms in total. The predicted molar refractivity (Wildman–Crippen MR) is 84.4 cm³/mol. The topological polar surface area (TPSA) is 111 Å². The van der Waals surface area contributed by atoms with E-state index in [-0.39, 0.29) is 10.7 Å². The highest BCUT2D eigenvalue weighted by Crippen LogP contribution is 2.18. The molecule has 0 saturated heterocycles. The molecule has 0 atom stereocenters. The van der Waals surface area contributed by atoms with Crippen LogP contribution in [0.15, 0.2) is 18.2 Å². The molecule has 1 aromatic carbocycles. The molecular formula is C12H17N3O4S2. The summed E-state index contributed by atoms with van der Waals surface area (Å²) in [5, 5.41) is 0. The van der Waals surface area contributed by atoms with Crippen molar-refractivity contribution in [2.45, 2.75) is 26.9 Å². The molecule has 0 bridgehead atoms. The number of benzene rings is 1. The molecule has 1 rings (SSSR count). The molecule has 4 N–H and O–H groups in total. The molecule has 0 aliphatic heterocycles. The summed E-state index contributed by atoms with van der Waals surface area (Å²) in [4.78, 5) is 11.5. The molecule has 9 heteroatoms. The number of anilines is 1. The second-order valence-corrected chi connectivity index (χ2v) is 6.41. The van der Waals surface area contributed by atoms with E-state index in [9.17, 15) is 13.2 Å². The summed E-state index contributed by atoms with van der Waals surface area (Å²) in [5.74, 6) is 0. The highest BCUT2D eigenvalue weighted by Gasteiger charge is 2.17. The second-order valence-electron chi connectivity index (χ2n) is 4.56. The van der Waals surface area contributed by atoms with Gasteiger partial charge in [-0.05, 0) is 32.4 Å². The Labute approximate surface area is 129 Å². The molecule has 0 aromatic heterocycles. The third-order valence-electron chi connectivity index (χ3n) is 2.33. The van der Waals surface area contributed by atoms with Crippen LogP contribution >= 0.6 is 12.2 Å². The first kappa shape index (κ1) is 17.2. The number of hydrogen-bond donors (Lipinski definition) is 3. The van der Waals surface area contributed by atoms with E-state index in [0.717, 1.165) is 0 Å². The number of hydrogen-bond acceptors (Lipinski definition) is 5. The number of carbonyl (C=O) groups is 1. The maximum Gasteiger partial charge on any atom is 0.422 e. The normalized spacial score (nSPS) is 11.0. The minimum atomic E-state index is -4.10. The van der Waals surface area contributed by atoms with E-state index >= 15 is 0 Å². The van der Waals surface area contributed by atoms with Gasteiger partial charge in [-0.25, -0.2) is 9.52 Å². The summed E-state index contributed by atoms with van der Waals surface area (Å²) in [6.45, 7) is 4.92. The van der Waals surface area contributed by atoms with Gasteiger partial charge in [0, 0.05) is 5.56 Å². The number of rotatable bonds is 5. The molecule has 116 valence electrons. The first-order valence-electron chi connectivity index (χ1n) is 6.02. The van der Waals surface area contributed by atoms with Gasteiger partial charge in [0.1, 0.15) is 4.99 Å². The quantitative estimate of drug-likeness (QED) is 0.704. The minimum absolute atomic E-state index is 0.141. The number of nitrogens with two attached hydrogens (primary N) is 1. The maximum atomic E-state index is 11.8. The van der Waals surface area contributed by atoms with Crippen LogP contribution in [-0.4, -0.2) is 25.6 Å². The van der Waals surface area contributed by atoms with Gasteiger partial charge < -0.3 is 10.5 Å². The van der Waals surface area contributed by atoms with E-state index in [4.69, 9.17) is 22.7 Å². The van der Waals surface area contributed by atoms with Crippen LogP contribution in [0.4, 0.5) is 10.5 Å². The summed E-state index contributed by atoms with van der Waals surface area (Å²) < 4.78 is 32.4. The lowest BCUT2D eigenvalue weighted by atomic mass is 10.1. The third-order valence-corrected chi connectivity index (χ3v) is 3.49. The number of ether oxygens (including phenoxy) is 1. The van der Waals surface area contributed by atoms with E-state index in [1.165, 1.54) is 6.07 Å². The molecule has 0 heterocycles. The number of thiocarbonyl (C=S) groups is 1. The molecule has 1 amide bonds. The van der Waals surface area contributed by atoms with E-state index in [1.807, 2.05) is 0 Å². The molecule has 1 aromatic rings. The fourth-order valence-corrected chi connectivity index (χ4v) is 2.36. The zero-order valence-corrected chi connectivity index (χ0v) is 13.5. The van der Waals surface area contributed by atoms with E-state index < -0.39 is 22.4 Å². The summed E-state index contributed by atoms with van der Waals surface area (Å²) in [6.07, 6.45) is -1.49. The van der Waals surface area contributed by atoms with Gasteiger partial charge >= 0.3 is 16.3 Å². The molecule has 0 aliphatic rings. The van der Waals surface area contributed by atoms with Crippen LogP contribution in [-0.2, 0) is 14.9 Å². The average molecular weight is 331 g/mol. The van der Waals surface area contributed by atoms with Crippen LogP contribution in [0.5, 0.6) is 0 Å². The molecule has 0 saturated carbocycles. The van der Waals surface area contributed by atoms with E-state index in [0.29, 0.717) is 11.1 Å². The van der Waals surface area contributed by atoms with Gasteiger partial charge in [0.25, 0.3) is 0 Å². The first-order chi connectivity index (χ1) is 9.60. The highest BCUT2D eigenvalue weighted by molar-refractivity contribution is 7.91. The van der Waals surface area contributed by atoms with Crippen molar-refractivity contribution < 1.29 is 17.9 Å². The Balaban J connectivity index is 2.91. The Morgan fingerprint density at radius 1 is 1.38 bits per heavy atom. The third kappa shape index (κ3) is 5.56. The molecule has 0 radical (unpaired) electrons. The maximum absolute atomic E-state index is 11.8. The lowest BCUT2D eigenvalue weighted by molar-refractivity contribution is 0.121. The van der Waals surface area contributed by atoms with Gasteiger partial charge in [-0.1, -0.05) is 24.4 Å². The molecular weight excluding hydrogens is 314 g/mol. The molecule has 21 heavy (non-hydrogen) atoms. The Morgan fingerprint density at radius 3 is 2.52 bits per heavy atom. The highest BCUT2D eigenvalue weighted by atomic mass is 32.2. The molecule has 0 spiro atoms. The van der Waals surface area contributed by atoms with Crippen molar-refractivity contribution in [3.05, 3.63) is 29.3 Å².